The van der Waals surface area contributed by atoms with Crippen LogP contribution in [0.2, 0.25) is 0 Å². The predicted octanol–water partition coefficient (Wildman–Crippen LogP) is 0.960. The Hall–Kier alpha value is -1.82. The van der Waals surface area contributed by atoms with Gasteiger partial charge in [0.15, 0.2) is 0 Å². The van der Waals surface area contributed by atoms with E-state index in [0.29, 0.717) is 16.4 Å². The van der Waals surface area contributed by atoms with Gasteiger partial charge in [-0.1, -0.05) is 0 Å². The largest absolute Gasteiger partial charge is 0.354 e. The highest BCUT2D eigenvalue weighted by Gasteiger charge is 2.10. The molecule has 6 heteroatoms. The van der Waals surface area contributed by atoms with E-state index in [1.807, 2.05) is 0 Å². The molecule has 1 amide bonds. The van der Waals surface area contributed by atoms with Crippen molar-refractivity contribution in [1.29, 1.82) is 0 Å². The molecule has 0 saturated carbocycles. The summed E-state index contributed by atoms with van der Waals surface area (Å²) < 4.78 is 0. The van der Waals surface area contributed by atoms with Gasteiger partial charge in [0.05, 0.1) is 6.20 Å². The van der Waals surface area contributed by atoms with Gasteiger partial charge in [-0.05, 0) is 0 Å². The summed E-state index contributed by atoms with van der Waals surface area (Å²) in [6, 6.07) is 0. The molecule has 0 bridgehead atoms. The summed E-state index contributed by atoms with van der Waals surface area (Å²) in [5.41, 5.74) is 1.08. The Bertz CT molecular complexity index is 468. The van der Waals surface area contributed by atoms with E-state index in [9.17, 15) is 4.79 Å². The number of aromatic nitrogens is 3. The average Bonchev–Trinajstić information content (AvgIpc) is 2.78. The van der Waals surface area contributed by atoms with Gasteiger partial charge in [-0.2, -0.15) is 0 Å². The molecule has 0 aliphatic heterocycles. The van der Waals surface area contributed by atoms with Gasteiger partial charge in [-0.15, -0.1) is 11.3 Å². The second kappa shape index (κ2) is 4.14. The van der Waals surface area contributed by atoms with E-state index in [2.05, 4.69) is 20.3 Å². The summed E-state index contributed by atoms with van der Waals surface area (Å²) in [6.45, 7) is 0. The van der Waals surface area contributed by atoms with Crippen molar-refractivity contribution in [2.75, 3.05) is 7.05 Å². The first-order valence-corrected chi connectivity index (χ1v) is 5.13. The lowest BCUT2D eigenvalue weighted by molar-refractivity contribution is 0.0959. The van der Waals surface area contributed by atoms with Crippen LogP contribution >= 0.6 is 11.3 Å². The number of carbonyl (C=O) groups excluding carboxylic acids is 1. The van der Waals surface area contributed by atoms with Gasteiger partial charge in [0.1, 0.15) is 16.4 Å². The third kappa shape index (κ3) is 1.99. The molecular formula is C9H8N4OS. The first-order valence-electron chi connectivity index (χ1n) is 4.25. The molecule has 0 spiro atoms. The Kier molecular flexibility index (Phi) is 2.68. The summed E-state index contributed by atoms with van der Waals surface area (Å²) in [5.74, 6) is -0.193. The van der Waals surface area contributed by atoms with Gasteiger partial charge in [0, 0.05) is 24.8 Å². The number of amides is 1. The number of carbonyl (C=O) groups is 1. The summed E-state index contributed by atoms with van der Waals surface area (Å²) >= 11 is 1.37. The molecule has 76 valence electrons. The number of hydrogen-bond acceptors (Lipinski definition) is 5. The van der Waals surface area contributed by atoms with Gasteiger partial charge in [-0.3, -0.25) is 14.8 Å². The van der Waals surface area contributed by atoms with Crippen LogP contribution in [0.4, 0.5) is 0 Å². The number of nitrogens with zero attached hydrogens (tertiary/aromatic N) is 3. The third-order valence-electron chi connectivity index (χ3n) is 1.75. The fourth-order valence-corrected chi connectivity index (χ4v) is 1.79. The van der Waals surface area contributed by atoms with Crippen LogP contribution in [0.25, 0.3) is 10.7 Å². The van der Waals surface area contributed by atoms with Crippen LogP contribution in [0.15, 0.2) is 24.0 Å². The van der Waals surface area contributed by atoms with E-state index in [1.54, 1.807) is 31.0 Å². The second-order valence-corrected chi connectivity index (χ2v) is 3.57. The fourth-order valence-electron chi connectivity index (χ4n) is 1.03. The van der Waals surface area contributed by atoms with Crippen LogP contribution in [-0.4, -0.2) is 27.9 Å². The molecule has 0 saturated heterocycles. The Labute approximate surface area is 90.2 Å². The van der Waals surface area contributed by atoms with Gasteiger partial charge in [0.25, 0.3) is 5.91 Å². The molecule has 1 N–H and O–H groups in total. The maximum Gasteiger partial charge on any atom is 0.270 e. The maximum atomic E-state index is 11.3. The molecule has 0 atom stereocenters. The predicted molar refractivity (Wildman–Crippen MR) is 56.5 cm³/mol. The quantitative estimate of drug-likeness (QED) is 0.818. The van der Waals surface area contributed by atoms with Crippen LogP contribution in [0, 0.1) is 0 Å². The number of hydrogen-bond donors (Lipinski definition) is 1. The molecule has 5 nitrogen and oxygen atoms in total. The van der Waals surface area contributed by atoms with Crippen molar-refractivity contribution in [3.63, 3.8) is 0 Å². The maximum absolute atomic E-state index is 11.3. The summed E-state index contributed by atoms with van der Waals surface area (Å²) in [7, 11) is 1.57. The van der Waals surface area contributed by atoms with Gasteiger partial charge >= 0.3 is 0 Å². The Balaban J connectivity index is 2.32. The van der Waals surface area contributed by atoms with E-state index < -0.39 is 0 Å². The van der Waals surface area contributed by atoms with Crippen LogP contribution in [0.1, 0.15) is 10.5 Å². The molecule has 2 aromatic heterocycles. The zero-order valence-corrected chi connectivity index (χ0v) is 8.78. The van der Waals surface area contributed by atoms with E-state index in [-0.39, 0.29) is 5.91 Å². The second-order valence-electron chi connectivity index (χ2n) is 2.71. The molecule has 0 aromatic carbocycles. The highest BCUT2D eigenvalue weighted by molar-refractivity contribution is 7.13. The molecule has 0 aliphatic carbocycles. The molecule has 2 rings (SSSR count). The Morgan fingerprint density at radius 1 is 1.47 bits per heavy atom. The molecule has 0 aliphatic rings. The van der Waals surface area contributed by atoms with Crippen LogP contribution in [-0.2, 0) is 0 Å². The fraction of sp³-hybridized carbons (Fsp3) is 0.111. The minimum atomic E-state index is -0.193. The van der Waals surface area contributed by atoms with E-state index >= 15 is 0 Å². The Morgan fingerprint density at radius 3 is 3.00 bits per heavy atom. The molecule has 2 aromatic rings. The van der Waals surface area contributed by atoms with Gasteiger partial charge in [0.2, 0.25) is 0 Å². The van der Waals surface area contributed by atoms with Crippen molar-refractivity contribution in [2.24, 2.45) is 0 Å². The molecular weight excluding hydrogens is 212 g/mol. The van der Waals surface area contributed by atoms with Crippen molar-refractivity contribution >= 4 is 17.2 Å². The van der Waals surface area contributed by atoms with Crippen LogP contribution < -0.4 is 5.32 Å². The molecule has 0 radical (unpaired) electrons. The first kappa shape index (κ1) is 9.72. The van der Waals surface area contributed by atoms with Crippen LogP contribution in [0.3, 0.4) is 0 Å². The number of rotatable bonds is 2. The lowest BCUT2D eigenvalue weighted by atomic mass is 10.4. The normalized spacial score (nSPS) is 9.93. The standard InChI is InChI=1S/C9H8N4OS/c1-10-8(14)7-5-15-9(13-7)6-4-11-2-3-12-6/h2-5H,1H3,(H,10,14). The summed E-state index contributed by atoms with van der Waals surface area (Å²) in [4.78, 5) is 23.5. The highest BCUT2D eigenvalue weighted by Crippen LogP contribution is 2.20. The average molecular weight is 220 g/mol. The van der Waals surface area contributed by atoms with E-state index in [4.69, 9.17) is 0 Å². The zero-order valence-electron chi connectivity index (χ0n) is 7.97. The van der Waals surface area contributed by atoms with E-state index in [0.717, 1.165) is 0 Å². The highest BCUT2D eigenvalue weighted by atomic mass is 32.1. The first-order chi connectivity index (χ1) is 7.31. The molecule has 0 unspecified atom stereocenters. The van der Waals surface area contributed by atoms with Crippen molar-refractivity contribution in [3.05, 3.63) is 29.7 Å². The van der Waals surface area contributed by atoms with E-state index in [1.165, 1.54) is 11.3 Å². The zero-order chi connectivity index (χ0) is 10.7. The SMILES string of the molecule is CNC(=O)c1csc(-c2cnccn2)n1. The number of nitrogens with one attached hydrogen (secondary N) is 1. The lowest BCUT2D eigenvalue weighted by Gasteiger charge is -1.93. The van der Waals surface area contributed by atoms with Gasteiger partial charge < -0.3 is 5.32 Å². The molecule has 15 heavy (non-hydrogen) atoms. The molecule has 0 fully saturated rings. The van der Waals surface area contributed by atoms with Crippen molar-refractivity contribution in [2.45, 2.75) is 0 Å². The summed E-state index contributed by atoms with van der Waals surface area (Å²) in [6.07, 6.45) is 4.81. The van der Waals surface area contributed by atoms with Crippen molar-refractivity contribution < 1.29 is 4.79 Å². The monoisotopic (exact) mass is 220 g/mol. The van der Waals surface area contributed by atoms with Crippen LogP contribution in [0.5, 0.6) is 0 Å². The number of thiazole rings is 1. The Morgan fingerprint density at radius 2 is 2.33 bits per heavy atom. The molecule has 2 heterocycles. The third-order valence-corrected chi connectivity index (χ3v) is 2.61. The van der Waals surface area contributed by atoms with Gasteiger partial charge in [-0.25, -0.2) is 4.98 Å². The summed E-state index contributed by atoms with van der Waals surface area (Å²) in [5, 5.41) is 4.91. The van der Waals surface area contributed by atoms with Crippen molar-refractivity contribution in [3.8, 4) is 10.7 Å². The lowest BCUT2D eigenvalue weighted by Crippen LogP contribution is -2.17. The smallest absolute Gasteiger partial charge is 0.270 e. The minimum Gasteiger partial charge on any atom is -0.354 e. The minimum absolute atomic E-state index is 0.193. The topological polar surface area (TPSA) is 67.8 Å². The van der Waals surface area contributed by atoms with Crippen molar-refractivity contribution in [1.82, 2.24) is 20.3 Å².